The minimum atomic E-state index is -2.96. The Kier molecular flexibility index (Phi) is 12.9. The number of hydrogen-bond acceptors (Lipinski definition) is 4. The van der Waals surface area contributed by atoms with E-state index in [-0.39, 0.29) is 41.2 Å². The summed E-state index contributed by atoms with van der Waals surface area (Å²) in [5.74, 6) is 2.25. The number of sulfone groups is 1. The molecule has 0 radical (unpaired) electrons. The highest BCUT2D eigenvalue weighted by Crippen LogP contribution is 2.26. The van der Waals surface area contributed by atoms with Crippen LogP contribution in [0, 0.1) is 5.92 Å². The van der Waals surface area contributed by atoms with Crippen LogP contribution in [0.4, 0.5) is 0 Å². The Hall–Kier alpha value is -1.03. The third kappa shape index (κ3) is 12.0. The van der Waals surface area contributed by atoms with Crippen LogP contribution in [-0.4, -0.2) is 52.1 Å². The molecule has 0 heterocycles. The first-order valence-electron chi connectivity index (χ1n) is 10.4. The van der Waals surface area contributed by atoms with Gasteiger partial charge < -0.3 is 15.4 Å². The normalized spacial score (nSPS) is 13.5. The van der Waals surface area contributed by atoms with E-state index < -0.39 is 9.84 Å². The fourth-order valence-electron chi connectivity index (χ4n) is 2.65. The van der Waals surface area contributed by atoms with Crippen LogP contribution in [-0.2, 0) is 15.3 Å². The number of nitrogens with zero attached hydrogens (tertiary/aromatic N) is 1. The highest BCUT2D eigenvalue weighted by atomic mass is 127. The first kappa shape index (κ1) is 29.0. The SMILES string of the molecule is CCNC(=NCC(C)(C)c1ccc(OCC(C)C)cc1)NC(C)CCS(C)(=O)=O.I. The van der Waals surface area contributed by atoms with Gasteiger partial charge in [-0.15, -0.1) is 24.0 Å². The van der Waals surface area contributed by atoms with Crippen LogP contribution >= 0.6 is 24.0 Å². The molecule has 6 nitrogen and oxygen atoms in total. The van der Waals surface area contributed by atoms with Crippen LogP contribution in [0.15, 0.2) is 29.3 Å². The number of aliphatic imine (C=N–C) groups is 1. The lowest BCUT2D eigenvalue weighted by molar-refractivity contribution is 0.271. The van der Waals surface area contributed by atoms with Crippen molar-refractivity contribution in [3.63, 3.8) is 0 Å². The second-order valence-electron chi connectivity index (χ2n) is 8.77. The fraction of sp³-hybridized carbons (Fsp3) is 0.682. The van der Waals surface area contributed by atoms with Gasteiger partial charge in [-0.25, -0.2) is 8.42 Å². The molecule has 0 aliphatic heterocycles. The van der Waals surface area contributed by atoms with Crippen molar-refractivity contribution in [2.24, 2.45) is 10.9 Å². The zero-order valence-electron chi connectivity index (χ0n) is 19.5. The van der Waals surface area contributed by atoms with E-state index >= 15 is 0 Å². The van der Waals surface area contributed by atoms with Crippen molar-refractivity contribution in [1.29, 1.82) is 0 Å². The van der Waals surface area contributed by atoms with Gasteiger partial charge in [0.25, 0.3) is 0 Å². The fourth-order valence-corrected chi connectivity index (χ4v) is 3.43. The lowest BCUT2D eigenvalue weighted by Gasteiger charge is -2.25. The van der Waals surface area contributed by atoms with E-state index in [1.165, 1.54) is 11.8 Å². The Morgan fingerprint density at radius 3 is 2.27 bits per heavy atom. The second kappa shape index (κ2) is 13.4. The van der Waals surface area contributed by atoms with Gasteiger partial charge in [0.15, 0.2) is 5.96 Å². The molecule has 0 bridgehead atoms. The number of ether oxygens (including phenoxy) is 1. The van der Waals surface area contributed by atoms with Crippen LogP contribution < -0.4 is 15.4 Å². The Balaban J connectivity index is 0.00000841. The summed E-state index contributed by atoms with van der Waals surface area (Å²) >= 11 is 0. The van der Waals surface area contributed by atoms with Crippen LogP contribution in [0.5, 0.6) is 5.75 Å². The molecular weight excluding hydrogens is 513 g/mol. The van der Waals surface area contributed by atoms with Crippen LogP contribution in [0.2, 0.25) is 0 Å². The van der Waals surface area contributed by atoms with Crippen molar-refractivity contribution in [1.82, 2.24) is 10.6 Å². The minimum absolute atomic E-state index is 0. The Bertz CT molecular complexity index is 747. The predicted molar refractivity (Wildman–Crippen MR) is 138 cm³/mol. The number of halogens is 1. The summed E-state index contributed by atoms with van der Waals surface area (Å²) in [6.07, 6.45) is 1.81. The molecule has 174 valence electrons. The second-order valence-corrected chi connectivity index (χ2v) is 11.0. The summed E-state index contributed by atoms with van der Waals surface area (Å²) in [7, 11) is -2.96. The van der Waals surface area contributed by atoms with Crippen molar-refractivity contribution in [3.8, 4) is 5.75 Å². The monoisotopic (exact) mass is 553 g/mol. The van der Waals surface area contributed by atoms with E-state index in [0.29, 0.717) is 31.4 Å². The van der Waals surface area contributed by atoms with Gasteiger partial charge in [0.1, 0.15) is 15.6 Å². The number of nitrogens with one attached hydrogen (secondary N) is 2. The molecule has 0 aliphatic rings. The molecule has 0 amide bonds. The van der Waals surface area contributed by atoms with E-state index in [1.807, 2.05) is 26.0 Å². The zero-order valence-corrected chi connectivity index (χ0v) is 22.6. The maximum Gasteiger partial charge on any atom is 0.191 e. The number of rotatable bonds is 11. The summed E-state index contributed by atoms with van der Waals surface area (Å²) in [6.45, 7) is 14.6. The molecule has 0 saturated carbocycles. The highest BCUT2D eigenvalue weighted by molar-refractivity contribution is 14.0. The average molecular weight is 554 g/mol. The van der Waals surface area contributed by atoms with Gasteiger partial charge in [-0.2, -0.15) is 0 Å². The average Bonchev–Trinajstić information content (AvgIpc) is 2.63. The van der Waals surface area contributed by atoms with E-state index in [2.05, 4.69) is 50.5 Å². The Labute approximate surface area is 200 Å². The summed E-state index contributed by atoms with van der Waals surface area (Å²) in [6, 6.07) is 8.24. The molecule has 30 heavy (non-hydrogen) atoms. The first-order valence-corrected chi connectivity index (χ1v) is 12.4. The maximum atomic E-state index is 11.4. The molecular formula is C22H40IN3O3S. The van der Waals surface area contributed by atoms with E-state index in [9.17, 15) is 8.42 Å². The minimum Gasteiger partial charge on any atom is -0.493 e. The third-order valence-electron chi connectivity index (χ3n) is 4.50. The first-order chi connectivity index (χ1) is 13.4. The molecule has 1 aromatic carbocycles. The van der Waals surface area contributed by atoms with Crippen LogP contribution in [0.3, 0.4) is 0 Å². The zero-order chi connectivity index (χ0) is 22.1. The molecule has 1 aromatic rings. The predicted octanol–water partition coefficient (Wildman–Crippen LogP) is 4.00. The Morgan fingerprint density at radius 2 is 1.77 bits per heavy atom. The van der Waals surface area contributed by atoms with Gasteiger partial charge in [-0.05, 0) is 43.9 Å². The molecule has 1 rings (SSSR count). The molecule has 0 aromatic heterocycles. The molecule has 0 spiro atoms. The van der Waals surface area contributed by atoms with E-state index in [0.717, 1.165) is 12.3 Å². The molecule has 0 aliphatic carbocycles. The lowest BCUT2D eigenvalue weighted by Crippen LogP contribution is -2.43. The van der Waals surface area contributed by atoms with Crippen molar-refractivity contribution in [2.75, 3.05) is 31.7 Å². The number of benzene rings is 1. The molecule has 0 saturated heterocycles. The number of hydrogen-bond donors (Lipinski definition) is 2. The molecule has 0 fully saturated rings. The topological polar surface area (TPSA) is 79.8 Å². The van der Waals surface area contributed by atoms with Gasteiger partial charge in [-0.1, -0.05) is 39.8 Å². The van der Waals surface area contributed by atoms with Crippen molar-refractivity contribution in [3.05, 3.63) is 29.8 Å². The summed E-state index contributed by atoms with van der Waals surface area (Å²) in [4.78, 5) is 4.74. The van der Waals surface area contributed by atoms with Crippen LogP contribution in [0.1, 0.15) is 53.5 Å². The maximum absolute atomic E-state index is 11.4. The summed E-state index contributed by atoms with van der Waals surface area (Å²) < 4.78 is 28.5. The molecule has 8 heteroatoms. The molecule has 1 unspecified atom stereocenters. The van der Waals surface area contributed by atoms with Gasteiger partial charge >= 0.3 is 0 Å². The van der Waals surface area contributed by atoms with Crippen LogP contribution in [0.25, 0.3) is 0 Å². The smallest absolute Gasteiger partial charge is 0.191 e. The van der Waals surface area contributed by atoms with Crippen molar-refractivity contribution < 1.29 is 13.2 Å². The van der Waals surface area contributed by atoms with Crippen molar-refractivity contribution in [2.45, 2.75) is 59.4 Å². The van der Waals surface area contributed by atoms with Crippen molar-refractivity contribution >= 4 is 39.8 Å². The standard InChI is InChI=1S/C22H39N3O3S.HI/c1-8-23-21(25-18(4)13-14-29(7,26)27)24-16-22(5,6)19-9-11-20(12-10-19)28-15-17(2)3;/h9-12,17-18H,8,13-16H2,1-7H3,(H2,23,24,25);1H. The van der Waals surface area contributed by atoms with Gasteiger partial charge in [0, 0.05) is 24.3 Å². The quantitative estimate of drug-likeness (QED) is 0.246. The largest absolute Gasteiger partial charge is 0.493 e. The number of guanidine groups is 1. The van der Waals surface area contributed by atoms with E-state index in [4.69, 9.17) is 9.73 Å². The van der Waals surface area contributed by atoms with Gasteiger partial charge in [0.05, 0.1) is 18.9 Å². The summed E-state index contributed by atoms with van der Waals surface area (Å²) in [5.41, 5.74) is 1.05. The van der Waals surface area contributed by atoms with Gasteiger partial charge in [0.2, 0.25) is 0 Å². The Morgan fingerprint density at radius 1 is 1.17 bits per heavy atom. The lowest BCUT2D eigenvalue weighted by atomic mass is 9.85. The molecule has 2 N–H and O–H groups in total. The summed E-state index contributed by atoms with van der Waals surface area (Å²) in [5, 5.41) is 6.55. The third-order valence-corrected chi connectivity index (χ3v) is 5.48. The highest BCUT2D eigenvalue weighted by Gasteiger charge is 2.21. The molecule has 1 atom stereocenters. The van der Waals surface area contributed by atoms with Gasteiger partial charge in [-0.3, -0.25) is 4.99 Å². The van der Waals surface area contributed by atoms with E-state index in [1.54, 1.807) is 0 Å².